The van der Waals surface area contributed by atoms with Crippen LogP contribution in [-0.4, -0.2) is 79.4 Å². The number of aromatic nitrogens is 3. The highest BCUT2D eigenvalue weighted by molar-refractivity contribution is 5.95. The molecule has 0 radical (unpaired) electrons. The van der Waals surface area contributed by atoms with E-state index in [1.807, 2.05) is 27.7 Å². The van der Waals surface area contributed by atoms with Crippen molar-refractivity contribution in [3.05, 3.63) is 60.1 Å². The van der Waals surface area contributed by atoms with Crippen LogP contribution in [0.1, 0.15) is 52.1 Å². The lowest BCUT2D eigenvalue weighted by Gasteiger charge is -2.43. The van der Waals surface area contributed by atoms with Crippen molar-refractivity contribution in [1.82, 2.24) is 29.4 Å². The Kier molecular flexibility index (Phi) is 7.15. The lowest BCUT2D eigenvalue weighted by atomic mass is 10.0. The standard InChI is InChI=1S/C27H33F2N7O3/c1-18-17-32(13-14-33(18)26(38)39-27(2,3)4)25(37)36(23-16-31-34-11-6-10-30-24(23)34)35-12-5-7-22(35)20-15-19(28)8-9-21(20)29/h6,8-11,15-16,18,22H,5,7,12-14,17H2,1-4H3/t18?,22-/m1/s1. The molecule has 3 aromatic rings. The molecule has 1 unspecified atom stereocenters. The van der Waals surface area contributed by atoms with Crippen molar-refractivity contribution in [3.8, 4) is 0 Å². The highest BCUT2D eigenvalue weighted by Gasteiger charge is 2.41. The molecule has 2 aliphatic heterocycles. The lowest BCUT2D eigenvalue weighted by molar-refractivity contribution is 0.00502. The first kappa shape index (κ1) is 26.8. The van der Waals surface area contributed by atoms with Crippen molar-refractivity contribution in [3.63, 3.8) is 0 Å². The van der Waals surface area contributed by atoms with Gasteiger partial charge in [-0.25, -0.2) is 37.9 Å². The zero-order valence-corrected chi connectivity index (χ0v) is 22.5. The number of hydrazine groups is 1. The van der Waals surface area contributed by atoms with E-state index in [4.69, 9.17) is 4.74 Å². The summed E-state index contributed by atoms with van der Waals surface area (Å²) in [5.41, 5.74) is 0.453. The van der Waals surface area contributed by atoms with Gasteiger partial charge in [-0.3, -0.25) is 0 Å². The van der Waals surface area contributed by atoms with Gasteiger partial charge in [0.1, 0.15) is 22.9 Å². The summed E-state index contributed by atoms with van der Waals surface area (Å²) in [6.45, 7) is 8.59. The molecular formula is C27H33F2N7O3. The fraction of sp³-hybridized carbons (Fsp3) is 0.481. The van der Waals surface area contributed by atoms with Crippen LogP contribution in [0.2, 0.25) is 0 Å². The van der Waals surface area contributed by atoms with Crippen LogP contribution in [0.3, 0.4) is 0 Å². The SMILES string of the molecule is CC1CN(C(=O)N(c2cnn3cccnc23)N2CCC[C@@H]2c2cc(F)ccc2F)CCN1C(=O)OC(C)(C)C. The Hall–Kier alpha value is -3.80. The third-order valence-corrected chi connectivity index (χ3v) is 6.99. The van der Waals surface area contributed by atoms with E-state index in [0.717, 1.165) is 12.1 Å². The number of halogens is 2. The fourth-order valence-electron chi connectivity index (χ4n) is 5.25. The van der Waals surface area contributed by atoms with E-state index in [9.17, 15) is 18.4 Å². The molecule has 39 heavy (non-hydrogen) atoms. The van der Waals surface area contributed by atoms with Gasteiger partial charge < -0.3 is 14.5 Å². The van der Waals surface area contributed by atoms with E-state index >= 15 is 0 Å². The highest BCUT2D eigenvalue weighted by Crippen LogP contribution is 2.38. The smallest absolute Gasteiger partial charge is 0.410 e. The number of hydrogen-bond acceptors (Lipinski definition) is 6. The quantitative estimate of drug-likeness (QED) is 0.481. The molecule has 0 N–H and O–H groups in total. The summed E-state index contributed by atoms with van der Waals surface area (Å²) < 4.78 is 36.2. The summed E-state index contributed by atoms with van der Waals surface area (Å²) in [6.07, 6.45) is 5.69. The molecule has 3 amide bonds. The first-order chi connectivity index (χ1) is 18.5. The molecule has 10 nitrogen and oxygen atoms in total. The number of nitrogens with zero attached hydrogens (tertiary/aromatic N) is 7. The van der Waals surface area contributed by atoms with E-state index in [1.165, 1.54) is 11.1 Å². The van der Waals surface area contributed by atoms with Crippen molar-refractivity contribution in [1.29, 1.82) is 0 Å². The van der Waals surface area contributed by atoms with Crippen LogP contribution in [0.5, 0.6) is 0 Å². The first-order valence-electron chi connectivity index (χ1n) is 13.1. The molecule has 0 saturated carbocycles. The van der Waals surface area contributed by atoms with Gasteiger partial charge in [-0.15, -0.1) is 0 Å². The summed E-state index contributed by atoms with van der Waals surface area (Å²) in [5.74, 6) is -1.07. The Labute approximate surface area is 225 Å². The van der Waals surface area contributed by atoms with Crippen LogP contribution in [0.15, 0.2) is 42.9 Å². The third kappa shape index (κ3) is 5.38. The van der Waals surface area contributed by atoms with Crippen LogP contribution in [0.25, 0.3) is 5.65 Å². The molecule has 2 atom stereocenters. The monoisotopic (exact) mass is 541 g/mol. The van der Waals surface area contributed by atoms with Gasteiger partial charge >= 0.3 is 12.1 Å². The number of carbonyl (C=O) groups is 2. The topological polar surface area (TPSA) is 86.5 Å². The Balaban J connectivity index is 1.47. The molecule has 208 valence electrons. The Morgan fingerprint density at radius 2 is 1.95 bits per heavy atom. The molecule has 0 aliphatic carbocycles. The zero-order chi connectivity index (χ0) is 27.9. The summed E-state index contributed by atoms with van der Waals surface area (Å²) in [5, 5.41) is 7.63. The van der Waals surface area contributed by atoms with Crippen molar-refractivity contribution < 1.29 is 23.1 Å². The number of benzene rings is 1. The van der Waals surface area contributed by atoms with Gasteiger partial charge in [0, 0.05) is 50.2 Å². The van der Waals surface area contributed by atoms with Gasteiger partial charge in [0.15, 0.2) is 5.65 Å². The molecule has 12 heteroatoms. The molecule has 0 bridgehead atoms. The minimum Gasteiger partial charge on any atom is -0.444 e. The van der Waals surface area contributed by atoms with Crippen LogP contribution >= 0.6 is 0 Å². The number of anilines is 1. The van der Waals surface area contributed by atoms with Crippen molar-refractivity contribution in [2.75, 3.05) is 31.2 Å². The predicted octanol–water partition coefficient (Wildman–Crippen LogP) is 4.63. The second-order valence-corrected chi connectivity index (χ2v) is 11.0. The van der Waals surface area contributed by atoms with E-state index in [1.54, 1.807) is 44.0 Å². The number of rotatable bonds is 3. The molecule has 2 aromatic heterocycles. The lowest BCUT2D eigenvalue weighted by Crippen LogP contribution is -2.60. The average molecular weight is 542 g/mol. The predicted molar refractivity (Wildman–Crippen MR) is 140 cm³/mol. The number of fused-ring (bicyclic) bond motifs is 1. The Bertz CT molecular complexity index is 1370. The van der Waals surface area contributed by atoms with E-state index in [2.05, 4.69) is 10.1 Å². The van der Waals surface area contributed by atoms with Crippen molar-refractivity contribution >= 4 is 23.5 Å². The zero-order valence-electron chi connectivity index (χ0n) is 22.5. The normalized spacial score (nSPS) is 20.5. The van der Waals surface area contributed by atoms with Crippen LogP contribution < -0.4 is 5.01 Å². The highest BCUT2D eigenvalue weighted by atomic mass is 19.1. The molecule has 2 saturated heterocycles. The molecule has 4 heterocycles. The van der Waals surface area contributed by atoms with E-state index in [-0.39, 0.29) is 30.7 Å². The Morgan fingerprint density at radius 1 is 1.15 bits per heavy atom. The average Bonchev–Trinajstić information content (AvgIpc) is 3.52. The van der Waals surface area contributed by atoms with E-state index < -0.39 is 29.4 Å². The summed E-state index contributed by atoms with van der Waals surface area (Å²) in [4.78, 5) is 34.7. The number of carbonyl (C=O) groups excluding carboxylic acids is 2. The number of piperazine rings is 1. The van der Waals surface area contributed by atoms with Crippen molar-refractivity contribution in [2.24, 2.45) is 0 Å². The minimum atomic E-state index is -0.631. The number of urea groups is 1. The van der Waals surface area contributed by atoms with E-state index in [0.29, 0.717) is 37.3 Å². The molecule has 0 spiro atoms. The maximum Gasteiger partial charge on any atom is 0.410 e. The molecule has 1 aromatic carbocycles. The van der Waals surface area contributed by atoms with Gasteiger partial charge in [0.05, 0.1) is 12.2 Å². The molecular weight excluding hydrogens is 508 g/mol. The fourth-order valence-corrected chi connectivity index (χ4v) is 5.25. The van der Waals surface area contributed by atoms with Gasteiger partial charge in [0.2, 0.25) is 0 Å². The van der Waals surface area contributed by atoms with Crippen LogP contribution in [0, 0.1) is 11.6 Å². The van der Waals surface area contributed by atoms with Crippen molar-refractivity contribution in [2.45, 2.75) is 58.2 Å². The largest absolute Gasteiger partial charge is 0.444 e. The summed E-state index contributed by atoms with van der Waals surface area (Å²) in [6, 6.07) is 3.91. The van der Waals surface area contributed by atoms with Crippen LogP contribution in [0.4, 0.5) is 24.1 Å². The Morgan fingerprint density at radius 3 is 2.69 bits per heavy atom. The molecule has 2 aliphatic rings. The number of hydrogen-bond donors (Lipinski definition) is 0. The number of ether oxygens (including phenoxy) is 1. The molecule has 2 fully saturated rings. The minimum absolute atomic E-state index is 0.192. The second kappa shape index (κ2) is 10.4. The second-order valence-electron chi connectivity index (χ2n) is 11.0. The van der Waals surface area contributed by atoms with Gasteiger partial charge in [-0.2, -0.15) is 5.10 Å². The third-order valence-electron chi connectivity index (χ3n) is 6.99. The molecule has 5 rings (SSSR count). The van der Waals surface area contributed by atoms with Gasteiger partial charge in [-0.1, -0.05) is 0 Å². The van der Waals surface area contributed by atoms with Crippen LogP contribution in [-0.2, 0) is 4.74 Å². The maximum atomic E-state index is 14.9. The van der Waals surface area contributed by atoms with Gasteiger partial charge in [0.25, 0.3) is 0 Å². The first-order valence-corrected chi connectivity index (χ1v) is 13.1. The summed E-state index contributed by atoms with van der Waals surface area (Å²) in [7, 11) is 0. The summed E-state index contributed by atoms with van der Waals surface area (Å²) >= 11 is 0. The van der Waals surface area contributed by atoms with Gasteiger partial charge in [-0.05, 0) is 64.8 Å². The maximum absolute atomic E-state index is 14.9. The number of amides is 3.